The van der Waals surface area contributed by atoms with E-state index in [2.05, 4.69) is 18.3 Å². The van der Waals surface area contributed by atoms with Gasteiger partial charge in [-0.15, -0.1) is 0 Å². The van der Waals surface area contributed by atoms with Gasteiger partial charge < -0.3 is 14.6 Å². The van der Waals surface area contributed by atoms with Crippen LogP contribution < -0.4 is 15.5 Å². The van der Waals surface area contributed by atoms with E-state index in [-0.39, 0.29) is 11.5 Å². The second kappa shape index (κ2) is 6.39. The van der Waals surface area contributed by atoms with Crippen molar-refractivity contribution in [2.45, 2.75) is 19.5 Å². The first-order valence-electron chi connectivity index (χ1n) is 6.62. The lowest BCUT2D eigenvalue weighted by molar-refractivity contribution is 0.394. The highest BCUT2D eigenvalue weighted by atomic mass is 16.5. The number of hydrogen-bond donors (Lipinski definition) is 1. The molecule has 1 aromatic carbocycles. The van der Waals surface area contributed by atoms with Crippen LogP contribution in [0.5, 0.6) is 5.75 Å². The van der Waals surface area contributed by atoms with E-state index in [0.717, 1.165) is 17.9 Å². The maximum Gasteiger partial charge on any atom is 0.181 e. The molecule has 0 fully saturated rings. The van der Waals surface area contributed by atoms with E-state index in [9.17, 15) is 4.79 Å². The molecule has 4 heteroatoms. The van der Waals surface area contributed by atoms with Gasteiger partial charge in [0.05, 0.1) is 13.2 Å². The van der Waals surface area contributed by atoms with Crippen molar-refractivity contribution in [1.29, 1.82) is 0 Å². The van der Waals surface area contributed by atoms with Gasteiger partial charge in [-0.3, -0.25) is 4.79 Å². The Labute approximate surface area is 119 Å². The average molecular weight is 272 g/mol. The minimum atomic E-state index is 0.0235. The molecule has 1 unspecified atom stereocenters. The van der Waals surface area contributed by atoms with E-state index >= 15 is 0 Å². The lowest BCUT2D eigenvalue weighted by atomic mass is 10.0. The number of methoxy groups -OCH3 is 1. The van der Waals surface area contributed by atoms with Gasteiger partial charge >= 0.3 is 0 Å². The van der Waals surface area contributed by atoms with Crippen molar-refractivity contribution in [3.8, 4) is 5.75 Å². The number of benzene rings is 1. The number of likely N-dealkylation sites (N-methyl/N-ethyl adjacent to an activating group) is 1. The van der Waals surface area contributed by atoms with Crippen LogP contribution in [0.2, 0.25) is 0 Å². The first kappa shape index (κ1) is 14.3. The lowest BCUT2D eigenvalue weighted by Crippen LogP contribution is -2.23. The summed E-state index contributed by atoms with van der Waals surface area (Å²) in [6.45, 7) is 2.80. The third-order valence-corrected chi connectivity index (χ3v) is 3.36. The van der Waals surface area contributed by atoms with Crippen LogP contribution in [0.25, 0.3) is 0 Å². The number of ether oxygens (including phenoxy) is 1. The molecule has 0 aliphatic heterocycles. The monoisotopic (exact) mass is 272 g/mol. The highest BCUT2D eigenvalue weighted by Gasteiger charge is 2.14. The molecule has 2 rings (SSSR count). The normalized spacial score (nSPS) is 12.2. The molecule has 1 N–H and O–H groups in total. The number of nitrogens with one attached hydrogen (secondary N) is 1. The molecule has 0 bridgehead atoms. The van der Waals surface area contributed by atoms with Gasteiger partial charge in [-0.2, -0.15) is 0 Å². The summed E-state index contributed by atoms with van der Waals surface area (Å²) in [7, 11) is 3.61. The molecule has 2 aromatic rings. The van der Waals surface area contributed by atoms with Crippen molar-refractivity contribution in [2.75, 3.05) is 14.2 Å². The van der Waals surface area contributed by atoms with E-state index in [4.69, 9.17) is 4.74 Å². The average Bonchev–Trinajstić information content (AvgIpc) is 2.46. The van der Waals surface area contributed by atoms with Gasteiger partial charge in [0.25, 0.3) is 0 Å². The van der Waals surface area contributed by atoms with Gasteiger partial charge in [0, 0.05) is 36.6 Å². The highest BCUT2D eigenvalue weighted by molar-refractivity contribution is 5.39. The molecule has 0 spiro atoms. The zero-order chi connectivity index (χ0) is 14.5. The zero-order valence-electron chi connectivity index (χ0n) is 12.1. The summed E-state index contributed by atoms with van der Waals surface area (Å²) < 4.78 is 7.43. The molecule has 0 aliphatic carbocycles. The van der Waals surface area contributed by atoms with Crippen molar-refractivity contribution >= 4 is 0 Å². The summed E-state index contributed by atoms with van der Waals surface area (Å²) in [6.07, 6.45) is 3.60. The maximum atomic E-state index is 11.1. The largest absolute Gasteiger partial charge is 0.496 e. The molecule has 1 aromatic heterocycles. The summed E-state index contributed by atoms with van der Waals surface area (Å²) in [5, 5.41) is 3.30. The second-order valence-electron chi connectivity index (χ2n) is 4.82. The summed E-state index contributed by atoms with van der Waals surface area (Å²) in [6, 6.07) is 9.41. The fraction of sp³-hybridized carbons (Fsp3) is 0.312. The predicted molar refractivity (Wildman–Crippen MR) is 80.2 cm³/mol. The Morgan fingerprint density at radius 1 is 1.25 bits per heavy atom. The quantitative estimate of drug-likeness (QED) is 0.906. The number of pyridine rings is 1. The smallest absolute Gasteiger partial charge is 0.181 e. The van der Waals surface area contributed by atoms with E-state index in [1.54, 1.807) is 31.6 Å². The Morgan fingerprint density at radius 3 is 2.55 bits per heavy atom. The Morgan fingerprint density at radius 2 is 1.95 bits per heavy atom. The molecular weight excluding hydrogens is 252 g/mol. The number of nitrogens with zero attached hydrogens (tertiary/aromatic N) is 1. The second-order valence-corrected chi connectivity index (χ2v) is 4.82. The van der Waals surface area contributed by atoms with Crippen LogP contribution in [-0.4, -0.2) is 18.7 Å². The van der Waals surface area contributed by atoms with Crippen LogP contribution in [0.15, 0.2) is 47.5 Å². The number of aryl methyl sites for hydroxylation is 1. The highest BCUT2D eigenvalue weighted by Crippen LogP contribution is 2.27. The van der Waals surface area contributed by atoms with E-state index in [0.29, 0.717) is 0 Å². The maximum absolute atomic E-state index is 11.1. The molecule has 4 nitrogen and oxygen atoms in total. The molecule has 20 heavy (non-hydrogen) atoms. The molecule has 0 saturated heterocycles. The summed E-state index contributed by atoms with van der Waals surface area (Å²) in [4.78, 5) is 11.1. The van der Waals surface area contributed by atoms with Crippen molar-refractivity contribution < 1.29 is 4.74 Å². The van der Waals surface area contributed by atoms with Crippen molar-refractivity contribution in [2.24, 2.45) is 0 Å². The summed E-state index contributed by atoms with van der Waals surface area (Å²) >= 11 is 0. The first-order valence-corrected chi connectivity index (χ1v) is 6.62. The SMILES string of the molecule is CNC(Cn1ccc(=O)cc1)c1cc(C)ccc1OC. The summed E-state index contributed by atoms with van der Waals surface area (Å²) in [5.41, 5.74) is 2.34. The first-order chi connectivity index (χ1) is 9.63. The lowest BCUT2D eigenvalue weighted by Gasteiger charge is -2.21. The molecule has 1 atom stereocenters. The molecule has 0 amide bonds. The minimum absolute atomic E-state index is 0.0235. The van der Waals surface area contributed by atoms with Crippen LogP contribution in [0.3, 0.4) is 0 Å². The van der Waals surface area contributed by atoms with Gasteiger partial charge in [0.1, 0.15) is 5.75 Å². The van der Waals surface area contributed by atoms with E-state index in [1.807, 2.05) is 23.7 Å². The van der Waals surface area contributed by atoms with Crippen LogP contribution in [0.4, 0.5) is 0 Å². The number of hydrogen-bond acceptors (Lipinski definition) is 3. The van der Waals surface area contributed by atoms with Gasteiger partial charge in [0.15, 0.2) is 5.43 Å². The number of aromatic nitrogens is 1. The van der Waals surface area contributed by atoms with Crippen molar-refractivity contribution in [1.82, 2.24) is 9.88 Å². The third kappa shape index (κ3) is 3.27. The number of rotatable bonds is 5. The predicted octanol–water partition coefficient (Wildman–Crippen LogP) is 2.13. The minimum Gasteiger partial charge on any atom is -0.496 e. The fourth-order valence-electron chi connectivity index (χ4n) is 2.25. The van der Waals surface area contributed by atoms with Gasteiger partial charge in [0.2, 0.25) is 0 Å². The Kier molecular flexibility index (Phi) is 4.58. The van der Waals surface area contributed by atoms with Crippen molar-refractivity contribution in [3.63, 3.8) is 0 Å². The van der Waals surface area contributed by atoms with Crippen LogP contribution in [0, 0.1) is 6.92 Å². The van der Waals surface area contributed by atoms with Gasteiger partial charge in [-0.1, -0.05) is 17.7 Å². The third-order valence-electron chi connectivity index (χ3n) is 3.36. The van der Waals surface area contributed by atoms with E-state index < -0.39 is 0 Å². The van der Waals surface area contributed by atoms with Gasteiger partial charge in [-0.25, -0.2) is 0 Å². The molecular formula is C16H20N2O2. The topological polar surface area (TPSA) is 43.3 Å². The standard InChI is InChI=1S/C16H20N2O2/c1-12-4-5-16(20-3)14(10-12)15(17-2)11-18-8-6-13(19)7-9-18/h4-10,15,17H,11H2,1-3H3. The van der Waals surface area contributed by atoms with Gasteiger partial charge in [-0.05, 0) is 20.0 Å². The van der Waals surface area contributed by atoms with Crippen LogP contribution in [-0.2, 0) is 6.54 Å². The van der Waals surface area contributed by atoms with Crippen LogP contribution in [0.1, 0.15) is 17.2 Å². The fourth-order valence-corrected chi connectivity index (χ4v) is 2.25. The molecule has 0 saturated carbocycles. The Bertz CT molecular complexity index is 614. The molecule has 106 valence electrons. The Hall–Kier alpha value is -2.07. The molecule has 1 heterocycles. The van der Waals surface area contributed by atoms with Crippen molar-refractivity contribution in [3.05, 3.63) is 64.1 Å². The zero-order valence-corrected chi connectivity index (χ0v) is 12.1. The van der Waals surface area contributed by atoms with E-state index in [1.165, 1.54) is 5.56 Å². The molecule has 0 radical (unpaired) electrons. The molecule has 0 aliphatic rings. The summed E-state index contributed by atoms with van der Waals surface area (Å²) in [5.74, 6) is 0.871. The van der Waals surface area contributed by atoms with Crippen LogP contribution >= 0.6 is 0 Å². The Balaban J connectivity index is 2.30.